The van der Waals surface area contributed by atoms with Crippen LogP contribution >= 0.6 is 0 Å². The topological polar surface area (TPSA) is 8.17 Å². The first-order chi connectivity index (χ1) is 43.6. The van der Waals surface area contributed by atoms with E-state index in [2.05, 4.69) is 0 Å². The number of benzene rings is 9. The molecule has 1 heterocycles. The molecule has 0 unspecified atom stereocenters. The highest BCUT2D eigenvalue weighted by atomic mass is 15.1. The molecule has 9 aromatic carbocycles. The maximum atomic E-state index is 9.94. The van der Waals surface area contributed by atoms with Crippen LogP contribution in [0.2, 0.25) is 0 Å². The molecule has 0 aliphatic rings. The summed E-state index contributed by atoms with van der Waals surface area (Å²) in [6, 6.07) is -44.2. The van der Waals surface area contributed by atoms with Crippen LogP contribution in [0.3, 0.4) is 0 Å². The Morgan fingerprint density at radius 2 is 0.750 bits per heavy atom. The molecule has 0 fully saturated rings. The van der Waals surface area contributed by atoms with Gasteiger partial charge in [-0.1, -0.05) is 163 Å². The van der Waals surface area contributed by atoms with E-state index in [1.807, 2.05) is 0 Å². The summed E-state index contributed by atoms with van der Waals surface area (Å²) in [4.78, 5) is 0.170. The molecular weight excluding hydrogens is 677 g/mol. The molecule has 56 heavy (non-hydrogen) atoms. The predicted molar refractivity (Wildman–Crippen MR) is 237 cm³/mol. The van der Waals surface area contributed by atoms with E-state index in [1.165, 1.54) is 0 Å². The fourth-order valence-corrected chi connectivity index (χ4v) is 5.64. The summed E-state index contributed by atoms with van der Waals surface area (Å²) < 4.78 is 345. The van der Waals surface area contributed by atoms with Gasteiger partial charge in [-0.05, 0) is 105 Å². The molecule has 1 aromatic heterocycles. The van der Waals surface area contributed by atoms with Gasteiger partial charge in [0.05, 0.1) is 68.8 Å². The van der Waals surface area contributed by atoms with Crippen LogP contribution in [0.5, 0.6) is 0 Å². The molecule has 10 aromatic rings. The van der Waals surface area contributed by atoms with Crippen LogP contribution in [0.4, 0.5) is 17.1 Å². The Balaban J connectivity index is 1.44. The van der Waals surface area contributed by atoms with Gasteiger partial charge in [0.15, 0.2) is 0 Å². The SMILES string of the molecule is [2H]c1c([2H])c([2H])c(-c2c([2H])c([2H])c(N(c3c([2H])c([2H])c(-c4c([2H])c([2H])c5c(c4[2H])c4c([2H])c([2H])c([2H])c([2H])c4n5-c4c([2H])c([2H])c([2H])c([2H])c4[2H])c([2H])c3[2H])c3c([2H])c([2H])c(-c4c([2H])c([2H])c([2H])c([2H])c4[2H])c([2H])c3-c3c([2H])c([2H])c([2H])c([2H])c3[2H])c([2H])c2[2H])c([2H])c1[2H]. The zero-order chi connectivity index (χ0) is 70.3. The van der Waals surface area contributed by atoms with Gasteiger partial charge in [-0.2, -0.15) is 0 Å². The quantitative estimate of drug-likeness (QED) is 0.150. The summed E-state index contributed by atoms with van der Waals surface area (Å²) in [5, 5.41) is -1.43. The Labute approximate surface area is 381 Å². The lowest BCUT2D eigenvalue weighted by atomic mass is 9.96. The Morgan fingerprint density at radius 1 is 0.321 bits per heavy atom. The fraction of sp³-hybridized carbons (Fsp3) is 0. The van der Waals surface area contributed by atoms with Crippen molar-refractivity contribution in [3.63, 3.8) is 0 Å². The summed E-state index contributed by atoms with van der Waals surface area (Å²) in [5.74, 6) is 0. The molecule has 0 radical (unpaired) electrons. The highest BCUT2D eigenvalue weighted by Crippen LogP contribution is 2.44. The number of fused-ring (bicyclic) bond motifs is 3. The molecule has 0 N–H and O–H groups in total. The highest BCUT2D eigenvalue weighted by molar-refractivity contribution is 6.10. The minimum atomic E-state index is -1.49. The lowest BCUT2D eigenvalue weighted by Crippen LogP contribution is -2.11. The average Bonchev–Trinajstić information content (AvgIpc) is 1.39. The van der Waals surface area contributed by atoms with E-state index in [-0.39, 0.29) is 4.90 Å². The van der Waals surface area contributed by atoms with Crippen molar-refractivity contribution in [1.29, 1.82) is 0 Å². The van der Waals surface area contributed by atoms with Crippen LogP contribution in [0.1, 0.15) is 52.1 Å². The number of hydrogen-bond donors (Lipinski definition) is 0. The van der Waals surface area contributed by atoms with Gasteiger partial charge in [-0.3, -0.25) is 0 Å². The van der Waals surface area contributed by atoms with Crippen LogP contribution in [0.25, 0.3) is 72.0 Å². The van der Waals surface area contributed by atoms with Crippen LogP contribution < -0.4 is 4.90 Å². The summed E-state index contributed by atoms with van der Waals surface area (Å²) in [5.41, 5.74) is -15.0. The normalized spacial score (nSPS) is 20.7. The largest absolute Gasteiger partial charge is 0.310 e. The number of aromatic nitrogens is 1. The molecule has 0 saturated heterocycles. The molecule has 0 aliphatic heterocycles. The van der Waals surface area contributed by atoms with E-state index in [9.17, 15) is 21.9 Å². The minimum Gasteiger partial charge on any atom is -0.310 e. The first-order valence-electron chi connectivity index (χ1n) is 35.1. The zero-order valence-electron chi connectivity index (χ0n) is 65.9. The summed E-state index contributed by atoms with van der Waals surface area (Å²) in [7, 11) is 0. The van der Waals surface area contributed by atoms with Gasteiger partial charge in [0.1, 0.15) is 0 Å². The first kappa shape index (κ1) is 12.0. The van der Waals surface area contributed by atoms with Crippen molar-refractivity contribution in [1.82, 2.24) is 4.57 Å². The van der Waals surface area contributed by atoms with E-state index >= 15 is 0 Å². The number of nitrogens with zero attached hydrogens (tertiary/aromatic N) is 2. The van der Waals surface area contributed by atoms with E-state index in [0.717, 1.165) is 0 Å². The van der Waals surface area contributed by atoms with Crippen LogP contribution in [0, 0.1) is 0 Å². The van der Waals surface area contributed by atoms with E-state index in [4.69, 9.17) is 30.2 Å². The van der Waals surface area contributed by atoms with E-state index < -0.39 is 319 Å². The van der Waals surface area contributed by atoms with Gasteiger partial charge in [0.2, 0.25) is 0 Å². The molecule has 0 saturated carbocycles. The third-order valence-electron chi connectivity index (χ3n) is 8.06. The maximum Gasteiger partial charge on any atom is 0.0645 e. The number of hydrogen-bond acceptors (Lipinski definition) is 1. The first-order valence-corrected chi connectivity index (χ1v) is 16.1. The van der Waals surface area contributed by atoms with Crippen molar-refractivity contribution in [2.24, 2.45) is 0 Å². The van der Waals surface area contributed by atoms with Gasteiger partial charge < -0.3 is 9.47 Å². The Kier molecular flexibility index (Phi) is 3.10. The van der Waals surface area contributed by atoms with Gasteiger partial charge in [-0.25, -0.2) is 0 Å². The summed E-state index contributed by atoms with van der Waals surface area (Å²) >= 11 is 0. The third kappa shape index (κ3) is 6.14. The number of para-hydroxylation sites is 2. The summed E-state index contributed by atoms with van der Waals surface area (Å²) in [6.45, 7) is 0. The second-order valence-corrected chi connectivity index (χ2v) is 11.3. The van der Waals surface area contributed by atoms with Gasteiger partial charge in [0, 0.05) is 33.4 Å². The van der Waals surface area contributed by atoms with Crippen molar-refractivity contribution in [3.05, 3.63) is 230 Å². The Hall–Kier alpha value is -7.42. The molecule has 264 valence electrons. The van der Waals surface area contributed by atoms with E-state index in [0.29, 0.717) is 4.57 Å². The van der Waals surface area contributed by atoms with Gasteiger partial charge in [0.25, 0.3) is 0 Å². The number of anilines is 3. The average molecular weight is 753 g/mol. The second-order valence-electron chi connectivity index (χ2n) is 11.3. The lowest BCUT2D eigenvalue weighted by Gasteiger charge is -2.29. The Bertz CT molecular complexity index is 5010. The smallest absolute Gasteiger partial charge is 0.0645 e. The summed E-state index contributed by atoms with van der Waals surface area (Å²) in [6.07, 6.45) is 0. The molecular formula is C54H38N2. The monoisotopic (exact) mass is 753 g/mol. The van der Waals surface area contributed by atoms with Crippen molar-refractivity contribution in [2.75, 3.05) is 4.90 Å². The standard InChI is InChI=1S/C54H38N2/c1-5-15-39(16-6-1)41-25-31-47(32-26-41)55(53-35-29-44(40-17-7-2-8-18-40)37-50(53)43-19-9-3-10-20-43)48-33-27-42(28-34-48)45-30-36-54-51(38-45)49-23-13-14-24-52(49)56(54)46-21-11-4-12-22-46/h1-38H/i1D,2D,3D,4D,5D,6D,7D,8D,9D,10D,11D,12D,13D,14D,15D,16D,17D,18D,19D,20D,21D,22D,23D,24D,25D,26D,27D,28D,29D,30D,31D,32D,33D,34D,35D,36D,37D,38D. The van der Waals surface area contributed by atoms with Gasteiger partial charge >= 0.3 is 0 Å². The second kappa shape index (κ2) is 14.4. The van der Waals surface area contributed by atoms with Crippen LogP contribution in [0.15, 0.2) is 230 Å². The fourth-order valence-electron chi connectivity index (χ4n) is 5.64. The maximum absolute atomic E-state index is 9.94. The Morgan fingerprint density at radius 3 is 1.38 bits per heavy atom. The minimum absolute atomic E-state index is 0.170. The van der Waals surface area contributed by atoms with Crippen LogP contribution in [-0.2, 0) is 0 Å². The molecule has 10 rings (SSSR count). The molecule has 0 atom stereocenters. The van der Waals surface area contributed by atoms with Crippen LogP contribution in [-0.4, -0.2) is 4.57 Å². The zero-order valence-corrected chi connectivity index (χ0v) is 27.9. The predicted octanol–water partition coefficient (Wildman–Crippen LogP) is 14.9. The van der Waals surface area contributed by atoms with Gasteiger partial charge in [-0.15, -0.1) is 0 Å². The molecule has 2 heteroatoms. The van der Waals surface area contributed by atoms with E-state index in [1.54, 1.807) is 0 Å². The highest BCUT2D eigenvalue weighted by Gasteiger charge is 2.19. The lowest BCUT2D eigenvalue weighted by molar-refractivity contribution is 1.18. The third-order valence-corrected chi connectivity index (χ3v) is 8.06. The molecule has 0 spiro atoms. The molecule has 0 amide bonds. The number of rotatable bonds is 8. The van der Waals surface area contributed by atoms with Crippen molar-refractivity contribution >= 4 is 38.9 Å². The molecule has 0 bridgehead atoms. The van der Waals surface area contributed by atoms with Crippen molar-refractivity contribution < 1.29 is 52.1 Å². The molecule has 0 aliphatic carbocycles. The van der Waals surface area contributed by atoms with Crippen molar-refractivity contribution in [3.8, 4) is 50.2 Å². The molecule has 2 nitrogen and oxygen atoms in total. The van der Waals surface area contributed by atoms with Crippen molar-refractivity contribution in [2.45, 2.75) is 0 Å².